The lowest BCUT2D eigenvalue weighted by Gasteiger charge is -2.37. The molecule has 34 heavy (non-hydrogen) atoms. The molecule has 188 valence electrons. The van der Waals surface area contributed by atoms with Crippen molar-refractivity contribution < 1.29 is 23.1 Å². The van der Waals surface area contributed by atoms with Crippen LogP contribution in [0.25, 0.3) is 0 Å². The Hall–Kier alpha value is -2.12. The highest BCUT2D eigenvalue weighted by Crippen LogP contribution is 2.35. The molecule has 1 fully saturated rings. The molecule has 8 nitrogen and oxygen atoms in total. The molecule has 3 atom stereocenters. The van der Waals surface area contributed by atoms with Crippen LogP contribution >= 0.6 is 0 Å². The van der Waals surface area contributed by atoms with Gasteiger partial charge in [0.1, 0.15) is 16.7 Å². The van der Waals surface area contributed by atoms with Crippen molar-refractivity contribution in [1.29, 1.82) is 0 Å². The molecule has 3 rings (SSSR count). The summed E-state index contributed by atoms with van der Waals surface area (Å²) < 4.78 is 34.7. The zero-order valence-corrected chi connectivity index (χ0v) is 21.6. The predicted octanol–water partition coefficient (Wildman–Crippen LogP) is 1.63. The summed E-state index contributed by atoms with van der Waals surface area (Å²) in [7, 11) is 1.72. The number of rotatable bonds is 7. The third kappa shape index (κ3) is 6.51. The topological polar surface area (TPSA) is 90.4 Å². The number of fused-ring (bicyclic) bond motifs is 1. The van der Waals surface area contributed by atoms with Gasteiger partial charge in [0.05, 0.1) is 19.7 Å². The van der Waals surface area contributed by atoms with Gasteiger partial charge in [0, 0.05) is 37.5 Å². The molecule has 1 heterocycles. The lowest BCUT2D eigenvalue weighted by atomic mass is 10.0. The van der Waals surface area contributed by atoms with Crippen molar-refractivity contribution in [3.63, 3.8) is 0 Å². The van der Waals surface area contributed by atoms with Gasteiger partial charge < -0.3 is 14.7 Å². The molecule has 1 saturated carbocycles. The molecule has 0 unspecified atom stereocenters. The van der Waals surface area contributed by atoms with E-state index >= 15 is 0 Å². The van der Waals surface area contributed by atoms with Crippen LogP contribution in [0.4, 0.5) is 0 Å². The average Bonchev–Trinajstić information content (AvgIpc) is 3.59. The number of carbonyl (C=O) groups excluding carboxylic acids is 1. The number of hydrogen-bond donors (Lipinski definition) is 1. The molecule has 2 aliphatic rings. The van der Waals surface area contributed by atoms with Crippen molar-refractivity contribution in [1.82, 2.24) is 14.1 Å². The van der Waals surface area contributed by atoms with Gasteiger partial charge in [-0.2, -0.15) is 4.31 Å². The minimum Gasteiger partial charge on any atom is -0.487 e. The van der Waals surface area contributed by atoms with Gasteiger partial charge in [0.15, 0.2) is 0 Å². The summed E-state index contributed by atoms with van der Waals surface area (Å²) in [5.41, 5.74) is 0.655. The number of aliphatic hydroxyl groups excluding tert-OH is 1. The largest absolute Gasteiger partial charge is 0.487 e. The molecule has 1 aromatic carbocycles. The lowest BCUT2D eigenvalue weighted by molar-refractivity contribution is -0.131. The highest BCUT2D eigenvalue weighted by atomic mass is 32.2. The zero-order valence-electron chi connectivity index (χ0n) is 20.8. The van der Waals surface area contributed by atoms with Gasteiger partial charge >= 0.3 is 0 Å². The summed E-state index contributed by atoms with van der Waals surface area (Å²) in [5, 5.41) is 9.76. The fourth-order valence-electron chi connectivity index (χ4n) is 3.92. The molecule has 0 radical (unpaired) electrons. The molecular formula is C25H37N3O5S. The first-order valence-electron chi connectivity index (χ1n) is 11.8. The number of aliphatic hydroxyl groups is 1. The Kier molecular flexibility index (Phi) is 8.63. The first-order chi connectivity index (χ1) is 16.0. The molecule has 9 heteroatoms. The molecule has 0 aromatic heterocycles. The van der Waals surface area contributed by atoms with Gasteiger partial charge in [-0.15, -0.1) is 0 Å². The van der Waals surface area contributed by atoms with Crippen LogP contribution in [0.3, 0.4) is 0 Å². The Balaban J connectivity index is 1.97. The van der Waals surface area contributed by atoms with Gasteiger partial charge in [0.2, 0.25) is 15.9 Å². The number of likely N-dealkylation sites (N-methyl/N-ethyl adjacent to an activating group) is 1. The second-order valence-electron chi connectivity index (χ2n) is 9.86. The maximum atomic E-state index is 13.5. The Morgan fingerprint density at radius 2 is 2.00 bits per heavy atom. The van der Waals surface area contributed by atoms with Crippen LogP contribution in [-0.4, -0.2) is 93.1 Å². The third-order valence-electron chi connectivity index (χ3n) is 6.33. The fourth-order valence-corrected chi connectivity index (χ4v) is 5.74. The molecule has 1 N–H and O–H groups in total. The van der Waals surface area contributed by atoms with Crippen molar-refractivity contribution in [2.45, 2.75) is 50.2 Å². The molecule has 1 amide bonds. The van der Waals surface area contributed by atoms with Crippen LogP contribution in [0.15, 0.2) is 23.1 Å². The summed E-state index contributed by atoms with van der Waals surface area (Å²) in [5.74, 6) is 6.71. The van der Waals surface area contributed by atoms with Crippen molar-refractivity contribution in [3.8, 4) is 17.6 Å². The Morgan fingerprint density at radius 3 is 2.62 bits per heavy atom. The summed E-state index contributed by atoms with van der Waals surface area (Å²) >= 11 is 0. The quantitative estimate of drug-likeness (QED) is 0.583. The van der Waals surface area contributed by atoms with E-state index < -0.39 is 22.2 Å². The van der Waals surface area contributed by atoms with Crippen LogP contribution in [-0.2, 0) is 14.8 Å². The minimum atomic E-state index is -3.90. The highest BCUT2D eigenvalue weighted by molar-refractivity contribution is 7.89. The van der Waals surface area contributed by atoms with E-state index in [-0.39, 0.29) is 35.6 Å². The first kappa shape index (κ1) is 26.5. The van der Waals surface area contributed by atoms with E-state index in [0.29, 0.717) is 31.0 Å². The molecule has 1 aromatic rings. The molecule has 0 spiro atoms. The molecule has 0 saturated heterocycles. The Morgan fingerprint density at radius 1 is 1.29 bits per heavy atom. The maximum absolute atomic E-state index is 13.5. The van der Waals surface area contributed by atoms with Crippen LogP contribution in [0.1, 0.15) is 38.7 Å². The number of ether oxygens (including phenoxy) is 1. The molecule has 1 aliphatic carbocycles. The highest BCUT2D eigenvalue weighted by Gasteiger charge is 2.38. The number of amides is 1. The van der Waals surface area contributed by atoms with E-state index in [1.54, 1.807) is 31.0 Å². The molecular weight excluding hydrogens is 454 g/mol. The van der Waals surface area contributed by atoms with Crippen molar-refractivity contribution in [3.05, 3.63) is 23.8 Å². The lowest BCUT2D eigenvalue weighted by Crippen LogP contribution is -2.50. The number of hydrogen-bond acceptors (Lipinski definition) is 6. The number of nitrogens with zero attached hydrogens (tertiary/aromatic N) is 3. The third-order valence-corrected chi connectivity index (χ3v) is 8.35. The Labute approximate surface area is 203 Å². The summed E-state index contributed by atoms with van der Waals surface area (Å²) in [6.45, 7) is 4.43. The number of carbonyl (C=O) groups is 1. The average molecular weight is 492 g/mol. The first-order valence-corrected chi connectivity index (χ1v) is 13.3. The summed E-state index contributed by atoms with van der Waals surface area (Å²) in [6.07, 6.45) is 2.34. The SMILES string of the molecule is C[C@H](CO)N1C[C@H](C)[C@@H](CN(C)C(=O)CC2CC2)Oc2cc(C#CCN(C)C)ccc2S1(=O)=O. The number of benzene rings is 1. The van der Waals surface area contributed by atoms with Crippen LogP contribution in [0.2, 0.25) is 0 Å². The van der Waals surface area contributed by atoms with Crippen molar-refractivity contribution >= 4 is 15.9 Å². The summed E-state index contributed by atoms with van der Waals surface area (Å²) in [4.78, 5) is 16.3. The van der Waals surface area contributed by atoms with Crippen molar-refractivity contribution in [2.75, 3.05) is 47.4 Å². The number of sulfonamides is 1. The van der Waals surface area contributed by atoms with E-state index in [9.17, 15) is 18.3 Å². The standard InChI is InChI=1S/C25H37N3O5S/c1-18-15-28(19(2)17-29)34(31,32)24-11-10-20(7-6-12-26(3)4)13-22(24)33-23(18)16-27(5)25(30)14-21-8-9-21/h10-11,13,18-19,21,23,29H,8-9,12,14-17H2,1-5H3/t18-,19+,23+/m0/s1. The van der Waals surface area contributed by atoms with Gasteiger partial charge in [-0.05, 0) is 58.0 Å². The van der Waals surface area contributed by atoms with Gasteiger partial charge in [0.25, 0.3) is 0 Å². The smallest absolute Gasteiger partial charge is 0.247 e. The van der Waals surface area contributed by atoms with E-state index in [0.717, 1.165) is 12.8 Å². The van der Waals surface area contributed by atoms with E-state index in [1.807, 2.05) is 25.9 Å². The van der Waals surface area contributed by atoms with Crippen LogP contribution in [0.5, 0.6) is 5.75 Å². The Bertz CT molecular complexity index is 1040. The van der Waals surface area contributed by atoms with Gasteiger partial charge in [-0.3, -0.25) is 9.69 Å². The molecule has 0 bridgehead atoms. The van der Waals surface area contributed by atoms with Crippen LogP contribution < -0.4 is 4.74 Å². The second-order valence-corrected chi connectivity index (χ2v) is 11.7. The van der Waals surface area contributed by atoms with E-state index in [4.69, 9.17) is 4.74 Å². The van der Waals surface area contributed by atoms with Crippen LogP contribution in [0, 0.1) is 23.7 Å². The van der Waals surface area contributed by atoms with E-state index in [2.05, 4.69) is 11.8 Å². The predicted molar refractivity (Wildman–Crippen MR) is 131 cm³/mol. The molecule has 1 aliphatic heterocycles. The second kappa shape index (κ2) is 11.1. The normalized spacial score (nSPS) is 23.0. The fraction of sp³-hybridized carbons (Fsp3) is 0.640. The zero-order chi connectivity index (χ0) is 25.0. The van der Waals surface area contributed by atoms with Gasteiger partial charge in [-0.1, -0.05) is 18.8 Å². The summed E-state index contributed by atoms with van der Waals surface area (Å²) in [6, 6.07) is 4.27. The maximum Gasteiger partial charge on any atom is 0.247 e. The van der Waals surface area contributed by atoms with E-state index in [1.165, 1.54) is 10.4 Å². The minimum absolute atomic E-state index is 0.0508. The van der Waals surface area contributed by atoms with Gasteiger partial charge in [-0.25, -0.2) is 8.42 Å². The van der Waals surface area contributed by atoms with Crippen molar-refractivity contribution in [2.24, 2.45) is 11.8 Å². The monoisotopic (exact) mass is 491 g/mol.